The van der Waals surface area contributed by atoms with Gasteiger partial charge < -0.3 is 4.74 Å². The maximum atomic E-state index is 10.6. The number of carbonyl (C=O) groups is 1. The lowest BCUT2D eigenvalue weighted by Gasteiger charge is -2.01. The van der Waals surface area contributed by atoms with Gasteiger partial charge in [0.25, 0.3) is 0 Å². The second kappa shape index (κ2) is 4.80. The van der Waals surface area contributed by atoms with Gasteiger partial charge in [-0.05, 0) is 6.42 Å². The highest BCUT2D eigenvalue weighted by Gasteiger charge is 2.10. The van der Waals surface area contributed by atoms with Gasteiger partial charge in [0, 0.05) is 0 Å². The van der Waals surface area contributed by atoms with E-state index < -0.39 is 0 Å². The molecule has 10 heavy (non-hydrogen) atoms. The number of hydrogen-bond donors (Lipinski definition) is 0. The van der Waals surface area contributed by atoms with Crippen molar-refractivity contribution >= 4 is 5.97 Å². The van der Waals surface area contributed by atoms with Crippen molar-refractivity contribution in [2.45, 2.75) is 19.8 Å². The van der Waals surface area contributed by atoms with Gasteiger partial charge >= 0.3 is 5.97 Å². The van der Waals surface area contributed by atoms with Crippen molar-refractivity contribution < 1.29 is 9.53 Å². The first-order valence-electron chi connectivity index (χ1n) is 3.21. The fourth-order valence-corrected chi connectivity index (χ4v) is 0.566. The van der Waals surface area contributed by atoms with Crippen LogP contribution in [0.25, 0.3) is 0 Å². The smallest absolute Gasteiger partial charge is 0.306 e. The van der Waals surface area contributed by atoms with E-state index >= 15 is 0 Å². The molecule has 0 bridgehead atoms. The minimum atomic E-state index is -0.312. The average molecular weight is 141 g/mol. The maximum Gasteiger partial charge on any atom is 0.306 e. The first-order valence-corrected chi connectivity index (χ1v) is 3.21. The first kappa shape index (κ1) is 8.96. The molecule has 0 aromatic heterocycles. The fourth-order valence-electron chi connectivity index (χ4n) is 0.566. The highest BCUT2D eigenvalue weighted by Crippen LogP contribution is 2.06. The number of nitrogens with zero attached hydrogens (tertiary/aromatic N) is 1. The van der Waals surface area contributed by atoms with Gasteiger partial charge in [-0.25, -0.2) is 0 Å². The summed E-state index contributed by atoms with van der Waals surface area (Å²) in [4.78, 5) is 10.6. The predicted molar refractivity (Wildman–Crippen MR) is 36.0 cm³/mol. The number of methoxy groups -OCH3 is 1. The van der Waals surface area contributed by atoms with Gasteiger partial charge in [-0.1, -0.05) is 6.92 Å². The molecule has 0 radical (unpaired) electrons. The third kappa shape index (κ3) is 3.08. The van der Waals surface area contributed by atoms with E-state index in [-0.39, 0.29) is 18.3 Å². The largest absolute Gasteiger partial charge is 0.469 e. The van der Waals surface area contributed by atoms with E-state index in [9.17, 15) is 4.79 Å². The monoisotopic (exact) mass is 141 g/mol. The van der Waals surface area contributed by atoms with Crippen molar-refractivity contribution in [2.24, 2.45) is 5.92 Å². The van der Waals surface area contributed by atoms with Crippen molar-refractivity contribution in [1.82, 2.24) is 0 Å². The Balaban J connectivity index is 3.66. The van der Waals surface area contributed by atoms with E-state index in [0.29, 0.717) is 6.42 Å². The van der Waals surface area contributed by atoms with Crippen LogP contribution in [0.5, 0.6) is 0 Å². The Bertz CT molecular complexity index is 148. The van der Waals surface area contributed by atoms with Crippen molar-refractivity contribution in [2.75, 3.05) is 7.11 Å². The fraction of sp³-hybridized carbons (Fsp3) is 0.714. The van der Waals surface area contributed by atoms with Crippen LogP contribution in [-0.2, 0) is 9.53 Å². The summed E-state index contributed by atoms with van der Waals surface area (Å²) in [5, 5.41) is 8.41. The second-order valence-corrected chi connectivity index (χ2v) is 2.01. The molecule has 0 amide bonds. The molecule has 3 heteroatoms. The topological polar surface area (TPSA) is 50.1 Å². The van der Waals surface area contributed by atoms with Gasteiger partial charge in [0.2, 0.25) is 0 Å². The van der Waals surface area contributed by atoms with E-state index in [1.165, 1.54) is 7.11 Å². The molecule has 0 rings (SSSR count). The summed E-state index contributed by atoms with van der Waals surface area (Å²) in [5.74, 6) is -0.499. The van der Waals surface area contributed by atoms with Crippen LogP contribution < -0.4 is 0 Å². The van der Waals surface area contributed by atoms with Gasteiger partial charge in [-0.15, -0.1) is 0 Å². The molecule has 0 aromatic carbocycles. The zero-order valence-electron chi connectivity index (χ0n) is 6.26. The number of carbonyl (C=O) groups excluding carboxylic acids is 1. The summed E-state index contributed by atoms with van der Waals surface area (Å²) < 4.78 is 4.39. The highest BCUT2D eigenvalue weighted by atomic mass is 16.5. The molecular formula is C7H11NO2. The Morgan fingerprint density at radius 3 is 2.70 bits per heavy atom. The Labute approximate surface area is 60.6 Å². The molecule has 0 fully saturated rings. The van der Waals surface area contributed by atoms with E-state index in [1.807, 2.05) is 13.0 Å². The number of hydrogen-bond acceptors (Lipinski definition) is 3. The van der Waals surface area contributed by atoms with Crippen LogP contribution >= 0.6 is 0 Å². The molecule has 0 unspecified atom stereocenters. The average Bonchev–Trinajstić information content (AvgIpc) is 1.99. The van der Waals surface area contributed by atoms with Crippen molar-refractivity contribution in [3.05, 3.63) is 0 Å². The lowest BCUT2D eigenvalue weighted by Crippen LogP contribution is -2.07. The molecule has 0 aliphatic carbocycles. The van der Waals surface area contributed by atoms with Crippen molar-refractivity contribution in [1.29, 1.82) is 5.26 Å². The van der Waals surface area contributed by atoms with Gasteiger partial charge in [-0.2, -0.15) is 5.26 Å². The van der Waals surface area contributed by atoms with Crippen LogP contribution in [0.1, 0.15) is 19.8 Å². The summed E-state index contributed by atoms with van der Waals surface area (Å²) in [6, 6.07) is 2.02. The molecule has 0 saturated carbocycles. The molecule has 0 heterocycles. The van der Waals surface area contributed by atoms with Gasteiger partial charge in [-0.3, -0.25) is 4.79 Å². The van der Waals surface area contributed by atoms with Crippen molar-refractivity contribution in [3.8, 4) is 6.07 Å². The number of ether oxygens (including phenoxy) is 1. The predicted octanol–water partition coefficient (Wildman–Crippen LogP) is 1.10. The third-order valence-electron chi connectivity index (χ3n) is 1.32. The van der Waals surface area contributed by atoms with Gasteiger partial charge in [0.1, 0.15) is 0 Å². The zero-order chi connectivity index (χ0) is 7.98. The summed E-state index contributed by atoms with van der Waals surface area (Å²) in [7, 11) is 1.33. The van der Waals surface area contributed by atoms with Crippen LogP contribution in [-0.4, -0.2) is 13.1 Å². The van der Waals surface area contributed by atoms with Gasteiger partial charge in [0.05, 0.1) is 25.5 Å². The van der Waals surface area contributed by atoms with E-state index in [4.69, 9.17) is 5.26 Å². The number of rotatable bonds is 3. The normalized spacial score (nSPS) is 11.7. The molecule has 0 aromatic rings. The van der Waals surface area contributed by atoms with Crippen LogP contribution in [0.3, 0.4) is 0 Å². The minimum Gasteiger partial charge on any atom is -0.469 e. The molecule has 1 atom stereocenters. The van der Waals surface area contributed by atoms with Gasteiger partial charge in [0.15, 0.2) is 0 Å². The summed E-state index contributed by atoms with van der Waals surface area (Å²) in [5.41, 5.74) is 0. The molecule has 0 spiro atoms. The SMILES string of the molecule is CC[C@@H](C#N)CC(=O)OC. The van der Waals surface area contributed by atoms with E-state index in [0.717, 1.165) is 0 Å². The highest BCUT2D eigenvalue weighted by molar-refractivity contribution is 5.69. The maximum absolute atomic E-state index is 10.6. The van der Waals surface area contributed by atoms with Crippen LogP contribution in [0, 0.1) is 17.2 Å². The van der Waals surface area contributed by atoms with E-state index in [2.05, 4.69) is 4.74 Å². The Morgan fingerprint density at radius 1 is 1.80 bits per heavy atom. The van der Waals surface area contributed by atoms with Crippen molar-refractivity contribution in [3.63, 3.8) is 0 Å². The van der Waals surface area contributed by atoms with Crippen LogP contribution in [0.2, 0.25) is 0 Å². The number of nitriles is 1. The summed E-state index contributed by atoms with van der Waals surface area (Å²) in [6.07, 6.45) is 0.912. The third-order valence-corrected chi connectivity index (χ3v) is 1.32. The van der Waals surface area contributed by atoms with Crippen LogP contribution in [0.15, 0.2) is 0 Å². The lowest BCUT2D eigenvalue weighted by atomic mass is 10.1. The minimum absolute atomic E-state index is 0.188. The number of esters is 1. The molecule has 0 N–H and O–H groups in total. The first-order chi connectivity index (χ1) is 4.74. The molecule has 0 aliphatic rings. The van der Waals surface area contributed by atoms with Crippen LogP contribution in [0.4, 0.5) is 0 Å². The lowest BCUT2D eigenvalue weighted by molar-refractivity contribution is -0.141. The standard InChI is InChI=1S/C7H11NO2/c1-3-6(5-8)4-7(9)10-2/h6H,3-4H2,1-2H3/t6-/m1/s1. The zero-order valence-corrected chi connectivity index (χ0v) is 6.26. The summed E-state index contributed by atoms with van der Waals surface area (Å²) in [6.45, 7) is 1.87. The molecular weight excluding hydrogens is 130 g/mol. The molecule has 56 valence electrons. The van der Waals surface area contributed by atoms with E-state index in [1.54, 1.807) is 0 Å². The summed E-state index contributed by atoms with van der Waals surface area (Å²) >= 11 is 0. The Hall–Kier alpha value is -1.04. The Morgan fingerprint density at radius 2 is 2.40 bits per heavy atom. The molecule has 3 nitrogen and oxygen atoms in total. The molecule has 0 aliphatic heterocycles. The quantitative estimate of drug-likeness (QED) is 0.553. The molecule has 0 saturated heterocycles. The Kier molecular flexibility index (Phi) is 4.30. The second-order valence-electron chi connectivity index (χ2n) is 2.01.